The highest BCUT2D eigenvalue weighted by Gasteiger charge is 2.11. The molecule has 0 aromatic heterocycles. The SMILES string of the molecule is COc1ccc(CC(CN)CO)c(OC)c1. The van der Waals surface area contributed by atoms with Gasteiger partial charge >= 0.3 is 0 Å². The Balaban J connectivity index is 2.86. The summed E-state index contributed by atoms with van der Waals surface area (Å²) in [6.07, 6.45) is 0.708. The van der Waals surface area contributed by atoms with Crippen LogP contribution in [0.25, 0.3) is 0 Å². The third-order valence-electron chi connectivity index (χ3n) is 2.59. The number of aliphatic hydroxyl groups excluding tert-OH is 1. The molecule has 90 valence electrons. The van der Waals surface area contributed by atoms with Crippen molar-refractivity contribution in [1.29, 1.82) is 0 Å². The highest BCUT2D eigenvalue weighted by molar-refractivity contribution is 5.41. The summed E-state index contributed by atoms with van der Waals surface area (Å²) in [5.74, 6) is 1.60. The maximum absolute atomic E-state index is 9.11. The Kier molecular flexibility index (Phi) is 5.08. The van der Waals surface area contributed by atoms with E-state index >= 15 is 0 Å². The average molecular weight is 225 g/mol. The summed E-state index contributed by atoms with van der Waals surface area (Å²) in [6, 6.07) is 5.65. The van der Waals surface area contributed by atoms with Crippen molar-refractivity contribution in [3.05, 3.63) is 23.8 Å². The number of aliphatic hydroxyl groups is 1. The van der Waals surface area contributed by atoms with E-state index in [0.29, 0.717) is 13.0 Å². The van der Waals surface area contributed by atoms with Crippen molar-refractivity contribution in [1.82, 2.24) is 0 Å². The van der Waals surface area contributed by atoms with Gasteiger partial charge < -0.3 is 20.3 Å². The molecule has 0 radical (unpaired) electrons. The summed E-state index contributed by atoms with van der Waals surface area (Å²) in [4.78, 5) is 0. The predicted octanol–water partition coefficient (Wildman–Crippen LogP) is 0.814. The molecule has 0 saturated carbocycles. The molecular formula is C12H19NO3. The lowest BCUT2D eigenvalue weighted by molar-refractivity contribution is 0.229. The van der Waals surface area contributed by atoms with Crippen LogP contribution in [0.15, 0.2) is 18.2 Å². The molecule has 0 bridgehead atoms. The Hall–Kier alpha value is -1.26. The highest BCUT2D eigenvalue weighted by Crippen LogP contribution is 2.26. The number of hydrogen-bond donors (Lipinski definition) is 2. The summed E-state index contributed by atoms with van der Waals surface area (Å²) in [5.41, 5.74) is 6.59. The van der Waals surface area contributed by atoms with E-state index in [2.05, 4.69) is 0 Å². The second-order valence-electron chi connectivity index (χ2n) is 3.67. The lowest BCUT2D eigenvalue weighted by Gasteiger charge is -2.15. The molecule has 16 heavy (non-hydrogen) atoms. The van der Waals surface area contributed by atoms with E-state index in [1.807, 2.05) is 18.2 Å². The van der Waals surface area contributed by atoms with Crippen LogP contribution in [-0.4, -0.2) is 32.5 Å². The molecule has 0 fully saturated rings. The fraction of sp³-hybridized carbons (Fsp3) is 0.500. The van der Waals surface area contributed by atoms with E-state index in [0.717, 1.165) is 17.1 Å². The third kappa shape index (κ3) is 3.12. The van der Waals surface area contributed by atoms with Gasteiger partial charge in [-0.15, -0.1) is 0 Å². The standard InChI is InChI=1S/C12H19NO3/c1-15-11-4-3-10(12(6-11)16-2)5-9(7-13)8-14/h3-4,6,9,14H,5,7-8,13H2,1-2H3. The van der Waals surface area contributed by atoms with Crippen molar-refractivity contribution in [3.63, 3.8) is 0 Å². The smallest absolute Gasteiger partial charge is 0.125 e. The molecule has 1 atom stereocenters. The van der Waals surface area contributed by atoms with Gasteiger partial charge in [-0.3, -0.25) is 0 Å². The minimum absolute atomic E-state index is 0.0716. The largest absolute Gasteiger partial charge is 0.497 e. The van der Waals surface area contributed by atoms with Gasteiger partial charge in [0.15, 0.2) is 0 Å². The van der Waals surface area contributed by atoms with Crippen LogP contribution in [0.2, 0.25) is 0 Å². The monoisotopic (exact) mass is 225 g/mol. The molecule has 1 unspecified atom stereocenters. The summed E-state index contributed by atoms with van der Waals surface area (Å²) in [5, 5.41) is 9.11. The van der Waals surface area contributed by atoms with Gasteiger partial charge in [0.25, 0.3) is 0 Å². The van der Waals surface area contributed by atoms with E-state index in [4.69, 9.17) is 20.3 Å². The zero-order chi connectivity index (χ0) is 12.0. The fourth-order valence-electron chi connectivity index (χ4n) is 1.55. The molecule has 4 heteroatoms. The van der Waals surface area contributed by atoms with E-state index in [1.54, 1.807) is 14.2 Å². The van der Waals surface area contributed by atoms with Crippen LogP contribution in [0.1, 0.15) is 5.56 Å². The first-order valence-electron chi connectivity index (χ1n) is 5.27. The number of rotatable bonds is 6. The van der Waals surface area contributed by atoms with Crippen molar-refractivity contribution in [3.8, 4) is 11.5 Å². The van der Waals surface area contributed by atoms with Crippen LogP contribution in [0.5, 0.6) is 11.5 Å². The molecule has 1 aromatic rings. The van der Waals surface area contributed by atoms with Crippen LogP contribution >= 0.6 is 0 Å². The molecule has 4 nitrogen and oxygen atoms in total. The number of nitrogens with two attached hydrogens (primary N) is 1. The van der Waals surface area contributed by atoms with Gasteiger partial charge in [0.1, 0.15) is 11.5 Å². The van der Waals surface area contributed by atoms with Crippen LogP contribution in [0, 0.1) is 5.92 Å². The van der Waals surface area contributed by atoms with Gasteiger partial charge in [-0.25, -0.2) is 0 Å². The Morgan fingerprint density at radius 3 is 2.56 bits per heavy atom. The molecule has 1 rings (SSSR count). The van der Waals surface area contributed by atoms with Crippen LogP contribution in [0.4, 0.5) is 0 Å². The lowest BCUT2D eigenvalue weighted by Crippen LogP contribution is -2.20. The fourth-order valence-corrected chi connectivity index (χ4v) is 1.55. The topological polar surface area (TPSA) is 64.7 Å². The van der Waals surface area contributed by atoms with Crippen molar-refractivity contribution >= 4 is 0 Å². The Morgan fingerprint density at radius 1 is 1.31 bits per heavy atom. The Bertz CT molecular complexity index is 324. The first-order chi connectivity index (χ1) is 7.74. The number of benzene rings is 1. The molecule has 0 aliphatic carbocycles. The first kappa shape index (κ1) is 12.8. The summed E-state index contributed by atoms with van der Waals surface area (Å²) in [6.45, 7) is 0.553. The van der Waals surface area contributed by atoms with E-state index in [-0.39, 0.29) is 12.5 Å². The van der Waals surface area contributed by atoms with E-state index in [9.17, 15) is 0 Å². The predicted molar refractivity (Wildman–Crippen MR) is 62.9 cm³/mol. The second kappa shape index (κ2) is 6.35. The van der Waals surface area contributed by atoms with E-state index < -0.39 is 0 Å². The molecule has 0 amide bonds. The van der Waals surface area contributed by atoms with Crippen molar-refractivity contribution < 1.29 is 14.6 Å². The number of methoxy groups -OCH3 is 2. The molecule has 0 spiro atoms. The van der Waals surface area contributed by atoms with Gasteiger partial charge in [-0.1, -0.05) is 6.07 Å². The Morgan fingerprint density at radius 2 is 2.06 bits per heavy atom. The van der Waals surface area contributed by atoms with Gasteiger partial charge in [-0.2, -0.15) is 0 Å². The normalized spacial score (nSPS) is 12.2. The molecule has 0 aliphatic heterocycles. The number of hydrogen-bond acceptors (Lipinski definition) is 4. The first-order valence-corrected chi connectivity index (χ1v) is 5.27. The summed E-state index contributed by atoms with van der Waals surface area (Å²) >= 11 is 0. The molecule has 3 N–H and O–H groups in total. The van der Waals surface area contributed by atoms with Gasteiger partial charge in [0, 0.05) is 12.7 Å². The maximum Gasteiger partial charge on any atom is 0.125 e. The number of ether oxygens (including phenoxy) is 2. The molecular weight excluding hydrogens is 206 g/mol. The van der Waals surface area contributed by atoms with E-state index in [1.165, 1.54) is 0 Å². The minimum Gasteiger partial charge on any atom is -0.497 e. The lowest BCUT2D eigenvalue weighted by atomic mass is 9.99. The summed E-state index contributed by atoms with van der Waals surface area (Å²) < 4.78 is 10.4. The van der Waals surface area contributed by atoms with Gasteiger partial charge in [0.2, 0.25) is 0 Å². The zero-order valence-electron chi connectivity index (χ0n) is 9.77. The molecule has 0 aliphatic rings. The minimum atomic E-state index is 0.0716. The van der Waals surface area contributed by atoms with Gasteiger partial charge in [-0.05, 0) is 30.5 Å². The van der Waals surface area contributed by atoms with Crippen molar-refractivity contribution in [2.75, 3.05) is 27.4 Å². The Labute approximate surface area is 96.0 Å². The third-order valence-corrected chi connectivity index (χ3v) is 2.59. The average Bonchev–Trinajstić information content (AvgIpc) is 2.35. The molecule has 0 saturated heterocycles. The van der Waals surface area contributed by atoms with Crippen molar-refractivity contribution in [2.24, 2.45) is 11.7 Å². The molecule has 1 aromatic carbocycles. The van der Waals surface area contributed by atoms with Crippen molar-refractivity contribution in [2.45, 2.75) is 6.42 Å². The second-order valence-corrected chi connectivity index (χ2v) is 3.67. The zero-order valence-corrected chi connectivity index (χ0v) is 9.77. The highest BCUT2D eigenvalue weighted by atomic mass is 16.5. The molecule has 0 heterocycles. The maximum atomic E-state index is 9.11. The van der Waals surface area contributed by atoms with Crippen LogP contribution in [0.3, 0.4) is 0 Å². The van der Waals surface area contributed by atoms with Crippen LogP contribution in [-0.2, 0) is 6.42 Å². The van der Waals surface area contributed by atoms with Gasteiger partial charge in [0.05, 0.1) is 14.2 Å². The quantitative estimate of drug-likeness (QED) is 0.752. The van der Waals surface area contributed by atoms with Crippen LogP contribution < -0.4 is 15.2 Å². The summed E-state index contributed by atoms with van der Waals surface area (Å²) in [7, 11) is 3.24.